The fourth-order valence-electron chi connectivity index (χ4n) is 3.82. The lowest BCUT2D eigenvalue weighted by Crippen LogP contribution is -2.59. The van der Waals surface area contributed by atoms with Crippen molar-refractivity contribution in [3.63, 3.8) is 0 Å². The van der Waals surface area contributed by atoms with E-state index in [1.54, 1.807) is 19.9 Å². The molecule has 0 fully saturated rings. The second kappa shape index (κ2) is 13.7. The van der Waals surface area contributed by atoms with E-state index in [-0.39, 0.29) is 38.6 Å². The molecule has 14 nitrogen and oxygen atoms in total. The van der Waals surface area contributed by atoms with Crippen LogP contribution in [0, 0.1) is 13.8 Å². The maximum atomic E-state index is 13.9. The number of aryl methyl sites for hydroxylation is 2. The molecule has 7 N–H and O–H groups in total. The Hall–Kier alpha value is -5.18. The van der Waals surface area contributed by atoms with Crippen molar-refractivity contribution in [2.45, 2.75) is 38.4 Å². The van der Waals surface area contributed by atoms with E-state index in [0.29, 0.717) is 11.1 Å². The number of nitrogens with zero attached hydrogens (tertiary/aromatic N) is 5. The molecule has 0 saturated carbocycles. The van der Waals surface area contributed by atoms with Crippen molar-refractivity contribution >= 4 is 41.0 Å². The second-order valence-electron chi connectivity index (χ2n) is 9.50. The van der Waals surface area contributed by atoms with Gasteiger partial charge in [0.05, 0.1) is 35.6 Å². The summed E-state index contributed by atoms with van der Waals surface area (Å²) < 4.78 is 97.6. The van der Waals surface area contributed by atoms with Crippen LogP contribution in [0.2, 0.25) is 5.02 Å². The van der Waals surface area contributed by atoms with Gasteiger partial charge < -0.3 is 15.8 Å². The third-order valence-corrected chi connectivity index (χ3v) is 6.29. The first-order valence-corrected chi connectivity index (χ1v) is 13.0. The van der Waals surface area contributed by atoms with Gasteiger partial charge in [0, 0.05) is 6.20 Å². The molecule has 2 heterocycles. The van der Waals surface area contributed by atoms with Crippen LogP contribution in [-0.4, -0.2) is 68.8 Å². The number of hydrazine groups is 2. The molecular formula is C25H24ClF7N10O4. The number of hydrogen-bond acceptors (Lipinski definition) is 9. The molecule has 3 aromatic rings. The number of hydrogen-bond donors (Lipinski definition) is 5. The summed E-state index contributed by atoms with van der Waals surface area (Å²) in [6.07, 6.45) is -6.39. The smallest absolute Gasteiger partial charge is 0.452 e. The Labute approximate surface area is 264 Å². The second-order valence-corrected chi connectivity index (χ2v) is 9.91. The van der Waals surface area contributed by atoms with Crippen LogP contribution in [0.3, 0.4) is 0 Å². The minimum absolute atomic E-state index is 0.00897. The molecule has 0 aliphatic carbocycles. The number of rotatable bonds is 9. The fourth-order valence-corrected chi connectivity index (χ4v) is 4.02. The topological polar surface area (TPSA) is 195 Å². The summed E-state index contributed by atoms with van der Waals surface area (Å²) in [4.78, 5) is 41.9. The van der Waals surface area contributed by atoms with Crippen LogP contribution in [0.15, 0.2) is 41.6 Å². The molecular weight excluding hydrogens is 673 g/mol. The Bertz CT molecular complexity index is 1720. The van der Waals surface area contributed by atoms with E-state index in [2.05, 4.69) is 30.7 Å². The fraction of sp³-hybridized carbons (Fsp3) is 0.280. The molecule has 0 atom stereocenters. The highest BCUT2D eigenvalue weighted by atomic mass is 35.5. The Kier molecular flexibility index (Phi) is 10.6. The zero-order chi connectivity index (χ0) is 35.5. The summed E-state index contributed by atoms with van der Waals surface area (Å²) in [5.74, 6) is -11.5. The highest BCUT2D eigenvalue weighted by molar-refractivity contribution is 6.32. The lowest BCUT2D eigenvalue weighted by atomic mass is 10.0. The molecule has 0 radical (unpaired) electrons. The molecule has 0 aliphatic rings. The van der Waals surface area contributed by atoms with E-state index in [9.17, 15) is 45.1 Å². The van der Waals surface area contributed by atoms with Crippen molar-refractivity contribution in [2.24, 2.45) is 16.7 Å². The molecule has 22 heteroatoms. The van der Waals surface area contributed by atoms with E-state index >= 15 is 0 Å². The van der Waals surface area contributed by atoms with Gasteiger partial charge in [-0.2, -0.15) is 35.8 Å². The minimum Gasteiger partial charge on any atom is -0.452 e. The highest BCUT2D eigenvalue weighted by Crippen LogP contribution is 2.46. The zero-order valence-electron chi connectivity index (χ0n) is 24.2. The minimum atomic E-state index is -6.67. The predicted octanol–water partition coefficient (Wildman–Crippen LogP) is 3.57. The van der Waals surface area contributed by atoms with Gasteiger partial charge >= 0.3 is 24.1 Å². The van der Waals surface area contributed by atoms with Crippen LogP contribution in [0.4, 0.5) is 41.2 Å². The van der Waals surface area contributed by atoms with Crippen molar-refractivity contribution in [1.82, 2.24) is 30.7 Å². The molecule has 3 amide bonds. The van der Waals surface area contributed by atoms with Gasteiger partial charge in [-0.05, 0) is 49.2 Å². The monoisotopic (exact) mass is 696 g/mol. The Morgan fingerprint density at radius 2 is 1.72 bits per heavy atom. The first kappa shape index (κ1) is 36.3. The Morgan fingerprint density at radius 3 is 2.32 bits per heavy atom. The number of alkyl halides is 7. The number of halogens is 8. The number of methoxy groups -OCH3 is 1. The lowest BCUT2D eigenvalue weighted by Gasteiger charge is -2.28. The normalized spacial score (nSPS) is 12.4. The number of ether oxygens (including phenoxy) is 1. The number of amidine groups is 1. The van der Waals surface area contributed by atoms with E-state index in [4.69, 9.17) is 23.2 Å². The SMILES string of the molecule is COC(=O)NNC(=O)c1cc(C)cc(C)c1NC(=O)c1cc(CN(N)/N=C(\N)C(F)(F)C(F)(F)C(F)(F)F)nn1-c1ncccc1Cl. The van der Waals surface area contributed by atoms with Gasteiger partial charge in [-0.3, -0.25) is 15.0 Å². The quantitative estimate of drug-likeness (QED) is 0.0731. The van der Waals surface area contributed by atoms with Crippen LogP contribution in [0.25, 0.3) is 5.82 Å². The molecule has 0 bridgehead atoms. The maximum absolute atomic E-state index is 13.9. The number of benzene rings is 1. The third-order valence-electron chi connectivity index (χ3n) is 5.99. The van der Waals surface area contributed by atoms with Gasteiger partial charge in [-0.1, -0.05) is 17.7 Å². The van der Waals surface area contributed by atoms with E-state index < -0.39 is 48.3 Å². The van der Waals surface area contributed by atoms with Gasteiger partial charge in [0.15, 0.2) is 11.7 Å². The van der Waals surface area contributed by atoms with Gasteiger partial charge in [-0.25, -0.2) is 30.8 Å². The van der Waals surface area contributed by atoms with Crippen molar-refractivity contribution in [2.75, 3.05) is 12.4 Å². The summed E-state index contributed by atoms with van der Waals surface area (Å²) in [7, 11) is 1.06. The molecule has 1 aromatic carbocycles. The first-order chi connectivity index (χ1) is 21.7. The van der Waals surface area contributed by atoms with Gasteiger partial charge in [-0.15, -0.1) is 5.10 Å². The Morgan fingerprint density at radius 1 is 1.06 bits per heavy atom. The van der Waals surface area contributed by atoms with Crippen molar-refractivity contribution < 1.29 is 49.9 Å². The van der Waals surface area contributed by atoms with E-state index in [1.807, 2.05) is 5.43 Å². The number of carbonyl (C=O) groups excluding carboxylic acids is 3. The summed E-state index contributed by atoms with van der Waals surface area (Å²) in [6, 6.07) is 6.83. The number of amides is 3. The van der Waals surface area contributed by atoms with Crippen molar-refractivity contribution in [3.05, 3.63) is 69.6 Å². The largest absolute Gasteiger partial charge is 0.460 e. The summed E-state index contributed by atoms with van der Waals surface area (Å²) in [6.45, 7) is 2.34. The molecule has 0 spiro atoms. The number of nitrogens with one attached hydrogen (secondary N) is 3. The highest BCUT2D eigenvalue weighted by Gasteiger charge is 2.75. The van der Waals surface area contributed by atoms with E-state index in [1.165, 1.54) is 24.4 Å². The van der Waals surface area contributed by atoms with Gasteiger partial charge in [0.25, 0.3) is 11.8 Å². The van der Waals surface area contributed by atoms with Crippen molar-refractivity contribution in [3.8, 4) is 5.82 Å². The molecule has 0 saturated heterocycles. The van der Waals surface area contributed by atoms with Crippen LogP contribution in [-0.2, 0) is 11.3 Å². The number of nitrogens with two attached hydrogens (primary N) is 2. The molecule has 2 aromatic heterocycles. The summed E-state index contributed by atoms with van der Waals surface area (Å²) >= 11 is 6.22. The van der Waals surface area contributed by atoms with Gasteiger partial charge in [0.1, 0.15) is 5.69 Å². The predicted molar refractivity (Wildman–Crippen MR) is 151 cm³/mol. The van der Waals surface area contributed by atoms with Crippen molar-refractivity contribution in [1.29, 1.82) is 0 Å². The number of pyridine rings is 1. The first-order valence-electron chi connectivity index (χ1n) is 12.7. The standard InChI is InChI=1S/C25H24ClF7N10O4/c1-11-7-12(2)17(14(8-11)19(44)38-39-22(46)47-3)37-20(45)16-9-13(40-43(16)18-15(26)5-4-6-36-18)10-42(35)41-21(34)23(27,28)24(29,30)25(31,32)33/h4-9H,10,35H2,1-3H3,(H2,34,41)(H,37,45)(H,38,44)(H,39,46). The summed E-state index contributed by atoms with van der Waals surface area (Å²) in [5.41, 5.74) is 9.08. The van der Waals surface area contributed by atoms with Crippen LogP contribution < -0.4 is 27.7 Å². The average Bonchev–Trinajstić information content (AvgIpc) is 3.39. The molecule has 47 heavy (non-hydrogen) atoms. The lowest BCUT2D eigenvalue weighted by molar-refractivity contribution is -0.336. The average molecular weight is 697 g/mol. The van der Waals surface area contributed by atoms with Crippen LogP contribution >= 0.6 is 11.6 Å². The Balaban J connectivity index is 2.01. The van der Waals surface area contributed by atoms with Gasteiger partial charge in [0.2, 0.25) is 0 Å². The molecule has 0 aliphatic heterocycles. The number of carbonyl (C=O) groups is 3. The number of aromatic nitrogens is 3. The number of anilines is 1. The third kappa shape index (κ3) is 7.80. The maximum Gasteiger partial charge on any atom is 0.460 e. The molecule has 254 valence electrons. The van der Waals surface area contributed by atoms with Crippen LogP contribution in [0.5, 0.6) is 0 Å². The molecule has 3 rings (SSSR count). The number of hydrazone groups is 1. The summed E-state index contributed by atoms with van der Waals surface area (Å²) in [5, 5.41) is 9.30. The zero-order valence-corrected chi connectivity index (χ0v) is 25.0. The molecule has 0 unspecified atom stereocenters. The van der Waals surface area contributed by atoms with E-state index in [0.717, 1.165) is 17.9 Å². The van der Waals surface area contributed by atoms with Crippen LogP contribution in [0.1, 0.15) is 37.7 Å².